The first-order valence-corrected chi connectivity index (χ1v) is 11.6. The first-order valence-electron chi connectivity index (χ1n) is 11.6. The quantitative estimate of drug-likeness (QED) is 0.486. The van der Waals surface area contributed by atoms with Gasteiger partial charge in [-0.25, -0.2) is 0 Å². The van der Waals surface area contributed by atoms with Crippen molar-refractivity contribution in [2.75, 3.05) is 12.4 Å². The summed E-state index contributed by atoms with van der Waals surface area (Å²) in [7, 11) is 1.21. The zero-order valence-corrected chi connectivity index (χ0v) is 19.3. The largest absolute Gasteiger partial charge is 0.414 e. The predicted molar refractivity (Wildman–Crippen MR) is 127 cm³/mol. The fourth-order valence-corrected chi connectivity index (χ4v) is 5.64. The lowest BCUT2D eigenvalue weighted by molar-refractivity contribution is -0.211. The highest BCUT2D eigenvalue weighted by atomic mass is 19.4. The van der Waals surface area contributed by atoms with Crippen molar-refractivity contribution in [3.8, 4) is 0 Å². The molecule has 5 nitrogen and oxygen atoms in total. The van der Waals surface area contributed by atoms with Gasteiger partial charge >= 0.3 is 6.18 Å². The summed E-state index contributed by atoms with van der Waals surface area (Å²) in [6, 6.07) is 20.2. The molecule has 8 heteroatoms. The van der Waals surface area contributed by atoms with Crippen LogP contribution in [0, 0.1) is 5.41 Å². The van der Waals surface area contributed by atoms with Crippen LogP contribution in [0.3, 0.4) is 0 Å². The van der Waals surface area contributed by atoms with Crippen LogP contribution in [0.5, 0.6) is 0 Å². The zero-order chi connectivity index (χ0) is 24.8. The van der Waals surface area contributed by atoms with Crippen LogP contribution in [-0.4, -0.2) is 34.6 Å². The van der Waals surface area contributed by atoms with Gasteiger partial charge < -0.3 is 16.0 Å². The topological polar surface area (TPSA) is 71.2 Å². The van der Waals surface area contributed by atoms with Gasteiger partial charge in [0.15, 0.2) is 6.04 Å². The van der Waals surface area contributed by atoms with E-state index in [4.69, 9.17) is 5.73 Å². The van der Waals surface area contributed by atoms with Crippen molar-refractivity contribution < 1.29 is 18.0 Å². The summed E-state index contributed by atoms with van der Waals surface area (Å²) in [5.41, 5.74) is 7.28. The van der Waals surface area contributed by atoms with Gasteiger partial charge in [0.25, 0.3) is 0 Å². The normalized spacial score (nSPS) is 23.7. The Kier molecular flexibility index (Phi) is 5.59. The fourth-order valence-electron chi connectivity index (χ4n) is 5.64. The molecule has 0 spiro atoms. The van der Waals surface area contributed by atoms with E-state index >= 15 is 0 Å². The number of amides is 1. The standard InChI is InChI=1S/C27H27F3N4O/c1-34(24(35)25-15-26(31,16-25)17-25)23(27(28,29)30)21-13-12-20(14-32-21)33-22(18-8-4-2-5-9-18)19-10-6-3-7-11-19/h2-14,22-23,33H,15-17,31H2,1H3/t23-,25?,26?/m0/s1. The molecule has 1 amide bonds. The third-order valence-corrected chi connectivity index (χ3v) is 7.19. The van der Waals surface area contributed by atoms with E-state index in [2.05, 4.69) is 10.3 Å². The Morgan fingerprint density at radius 1 is 0.971 bits per heavy atom. The van der Waals surface area contributed by atoms with Crippen LogP contribution in [-0.2, 0) is 4.79 Å². The maximum Gasteiger partial charge on any atom is 0.414 e. The molecule has 35 heavy (non-hydrogen) atoms. The number of alkyl halides is 3. The number of nitrogens with two attached hydrogens (primary N) is 1. The van der Waals surface area contributed by atoms with Gasteiger partial charge in [-0.3, -0.25) is 9.78 Å². The molecule has 2 aromatic carbocycles. The Bertz CT molecular complexity index is 1140. The molecule has 182 valence electrons. The van der Waals surface area contributed by atoms with E-state index in [9.17, 15) is 18.0 Å². The van der Waals surface area contributed by atoms with E-state index in [-0.39, 0.29) is 17.3 Å². The second-order valence-corrected chi connectivity index (χ2v) is 9.90. The zero-order valence-electron chi connectivity index (χ0n) is 19.3. The van der Waals surface area contributed by atoms with E-state index in [1.165, 1.54) is 19.3 Å². The summed E-state index contributed by atoms with van der Waals surface area (Å²) in [5, 5.41) is 3.38. The molecule has 3 aliphatic rings. The van der Waals surface area contributed by atoms with Crippen LogP contribution in [0.25, 0.3) is 0 Å². The number of hydrogen-bond acceptors (Lipinski definition) is 4. The molecule has 1 heterocycles. The van der Waals surface area contributed by atoms with Crippen molar-refractivity contribution in [1.82, 2.24) is 9.88 Å². The molecule has 0 radical (unpaired) electrons. The van der Waals surface area contributed by atoms with Crippen molar-refractivity contribution in [3.63, 3.8) is 0 Å². The molecule has 3 fully saturated rings. The second-order valence-electron chi connectivity index (χ2n) is 9.90. The number of pyridine rings is 1. The summed E-state index contributed by atoms with van der Waals surface area (Å²) in [4.78, 5) is 17.9. The van der Waals surface area contributed by atoms with Gasteiger partial charge in [-0.2, -0.15) is 13.2 Å². The number of carbonyl (C=O) groups is 1. The third kappa shape index (κ3) is 4.27. The Morgan fingerprint density at radius 3 is 1.94 bits per heavy atom. The van der Waals surface area contributed by atoms with Gasteiger partial charge in [0, 0.05) is 12.6 Å². The average molecular weight is 481 g/mol. The number of aromatic nitrogens is 1. The Morgan fingerprint density at radius 2 is 1.51 bits per heavy atom. The summed E-state index contributed by atoms with van der Waals surface area (Å²) in [5.74, 6) is -0.510. The van der Waals surface area contributed by atoms with Gasteiger partial charge in [-0.15, -0.1) is 0 Å². The third-order valence-electron chi connectivity index (χ3n) is 7.19. The van der Waals surface area contributed by atoms with E-state index in [1.807, 2.05) is 60.7 Å². The van der Waals surface area contributed by atoms with Crippen molar-refractivity contribution in [3.05, 3.63) is 95.8 Å². The molecule has 0 saturated heterocycles. The van der Waals surface area contributed by atoms with Crippen molar-refractivity contribution in [2.45, 2.75) is 43.1 Å². The lowest BCUT2D eigenvalue weighted by Gasteiger charge is -2.68. The Balaban J connectivity index is 1.38. The number of rotatable bonds is 7. The molecule has 3 aromatic rings. The van der Waals surface area contributed by atoms with Crippen LogP contribution >= 0.6 is 0 Å². The number of hydrogen-bond donors (Lipinski definition) is 2. The number of carbonyl (C=O) groups excluding carboxylic acids is 1. The monoisotopic (exact) mass is 480 g/mol. The first kappa shape index (κ1) is 23.4. The van der Waals surface area contributed by atoms with E-state index in [0.717, 1.165) is 16.0 Å². The van der Waals surface area contributed by atoms with Crippen LogP contribution in [0.2, 0.25) is 0 Å². The predicted octanol–water partition coefficient (Wildman–Crippen LogP) is 5.23. The van der Waals surface area contributed by atoms with E-state index in [1.54, 1.807) is 6.07 Å². The van der Waals surface area contributed by atoms with Gasteiger partial charge in [0.1, 0.15) is 0 Å². The minimum absolute atomic E-state index is 0.208. The second kappa shape index (κ2) is 8.37. The minimum Gasteiger partial charge on any atom is -0.373 e. The lowest BCUT2D eigenvalue weighted by Crippen LogP contribution is -2.76. The minimum atomic E-state index is -4.66. The molecule has 1 aromatic heterocycles. The molecule has 2 bridgehead atoms. The van der Waals surface area contributed by atoms with Crippen molar-refractivity contribution >= 4 is 11.6 Å². The maximum atomic E-state index is 14.1. The smallest absolute Gasteiger partial charge is 0.373 e. The van der Waals surface area contributed by atoms with Gasteiger partial charge in [0.2, 0.25) is 5.91 Å². The lowest BCUT2D eigenvalue weighted by atomic mass is 9.39. The molecule has 3 aliphatic carbocycles. The van der Waals surface area contributed by atoms with Crippen LogP contribution in [0.15, 0.2) is 79.0 Å². The molecule has 0 unspecified atom stereocenters. The molecule has 1 atom stereocenters. The Hall–Kier alpha value is -3.39. The first-order chi connectivity index (χ1) is 16.6. The van der Waals surface area contributed by atoms with Gasteiger partial charge in [0.05, 0.1) is 29.0 Å². The highest BCUT2D eigenvalue weighted by Gasteiger charge is 2.71. The Labute approximate surface area is 202 Å². The summed E-state index contributed by atoms with van der Waals surface area (Å²) < 4.78 is 42.3. The SMILES string of the molecule is CN(C(=O)C12CC(N)(C1)C2)[C@@H](c1ccc(NC(c2ccccc2)c2ccccc2)cn1)C(F)(F)F. The van der Waals surface area contributed by atoms with E-state index in [0.29, 0.717) is 24.9 Å². The van der Waals surface area contributed by atoms with Crippen LogP contribution in [0.4, 0.5) is 18.9 Å². The molecular weight excluding hydrogens is 453 g/mol. The number of nitrogens with zero attached hydrogens (tertiary/aromatic N) is 2. The van der Waals surface area contributed by atoms with Crippen LogP contribution < -0.4 is 11.1 Å². The average Bonchev–Trinajstić information content (AvgIpc) is 2.80. The molecular formula is C27H27F3N4O. The fraction of sp³-hybridized carbons (Fsp3) is 0.333. The number of halogens is 3. The highest BCUT2D eigenvalue weighted by molar-refractivity contribution is 5.87. The summed E-state index contributed by atoms with van der Waals surface area (Å²) >= 11 is 0. The van der Waals surface area contributed by atoms with E-state index < -0.39 is 23.5 Å². The van der Waals surface area contributed by atoms with Crippen LogP contribution in [0.1, 0.15) is 48.2 Å². The highest BCUT2D eigenvalue weighted by Crippen LogP contribution is 2.66. The van der Waals surface area contributed by atoms with Crippen molar-refractivity contribution in [2.24, 2.45) is 11.1 Å². The maximum absolute atomic E-state index is 14.1. The molecule has 6 rings (SSSR count). The van der Waals surface area contributed by atoms with Gasteiger partial charge in [-0.1, -0.05) is 60.7 Å². The number of nitrogens with one attached hydrogen (secondary N) is 1. The number of benzene rings is 2. The van der Waals surface area contributed by atoms with Gasteiger partial charge in [-0.05, 0) is 42.5 Å². The number of anilines is 1. The summed E-state index contributed by atoms with van der Waals surface area (Å²) in [6.45, 7) is 0. The van der Waals surface area contributed by atoms with Crippen molar-refractivity contribution in [1.29, 1.82) is 0 Å². The summed E-state index contributed by atoms with van der Waals surface area (Å²) in [6.07, 6.45) is -1.92. The molecule has 0 aliphatic heterocycles. The molecule has 3 saturated carbocycles. The molecule has 3 N–H and O–H groups in total.